The third-order valence-electron chi connectivity index (χ3n) is 4.61. The average molecular weight is 306 g/mol. The number of fused-ring (bicyclic) bond motifs is 1. The lowest BCUT2D eigenvalue weighted by atomic mass is 9.82. The molecule has 2 rings (SSSR count). The molecule has 22 heavy (non-hydrogen) atoms. The van der Waals surface area contributed by atoms with Crippen LogP contribution in [0.5, 0.6) is 5.75 Å². The van der Waals surface area contributed by atoms with Gasteiger partial charge < -0.3 is 9.84 Å². The van der Waals surface area contributed by atoms with E-state index in [4.69, 9.17) is 4.74 Å². The van der Waals surface area contributed by atoms with Crippen molar-refractivity contribution in [1.82, 2.24) is 0 Å². The molecule has 2 atom stereocenters. The van der Waals surface area contributed by atoms with Gasteiger partial charge in [0.2, 0.25) is 0 Å². The monoisotopic (exact) mass is 306 g/mol. The van der Waals surface area contributed by atoms with E-state index in [9.17, 15) is 5.11 Å². The van der Waals surface area contributed by atoms with Gasteiger partial charge in [-0.15, -0.1) is 0 Å². The second-order valence-electron chi connectivity index (χ2n) is 6.41. The van der Waals surface area contributed by atoms with Crippen LogP contribution in [0.1, 0.15) is 71.4 Å². The lowest BCUT2D eigenvalue weighted by Gasteiger charge is -2.33. The maximum absolute atomic E-state index is 9.95. The lowest BCUT2D eigenvalue weighted by Crippen LogP contribution is -2.34. The van der Waals surface area contributed by atoms with E-state index < -0.39 is 0 Å². The number of unbranched alkanes of at least 4 members (excludes halogenated alkanes) is 1. The molecule has 126 valence electrons. The molecule has 1 aromatic rings. The van der Waals surface area contributed by atoms with Gasteiger partial charge in [-0.3, -0.25) is 0 Å². The van der Waals surface area contributed by atoms with Crippen LogP contribution in [-0.2, 0) is 17.6 Å². The number of phenolic OH excluding ortho intramolecular Hbond substituents is 1. The summed E-state index contributed by atoms with van der Waals surface area (Å²) in [4.78, 5) is 0. The zero-order chi connectivity index (χ0) is 16.5. The fourth-order valence-corrected chi connectivity index (χ4v) is 2.84. The van der Waals surface area contributed by atoms with E-state index in [1.165, 1.54) is 18.4 Å². The number of rotatable bonds is 5. The summed E-state index contributed by atoms with van der Waals surface area (Å²) in [5.74, 6) is 0.956. The predicted molar refractivity (Wildman–Crippen MR) is 94.5 cm³/mol. The Kier molecular flexibility index (Phi) is 8.55. The zero-order valence-electron chi connectivity index (χ0n) is 15.1. The lowest BCUT2D eigenvalue weighted by molar-refractivity contribution is -0.0452. The predicted octanol–water partition coefficient (Wildman–Crippen LogP) is 5.51. The smallest absolute Gasteiger partial charge is 0.119 e. The van der Waals surface area contributed by atoms with Crippen molar-refractivity contribution < 1.29 is 9.84 Å². The number of hydrogen-bond donors (Lipinski definition) is 1. The third kappa shape index (κ3) is 5.31. The number of aromatic hydroxyl groups is 1. The Balaban J connectivity index is 0.000000541. The van der Waals surface area contributed by atoms with Gasteiger partial charge in [0, 0.05) is 6.42 Å². The summed E-state index contributed by atoms with van der Waals surface area (Å²) in [7, 11) is 0. The van der Waals surface area contributed by atoms with Crippen LogP contribution in [0, 0.1) is 5.92 Å². The van der Waals surface area contributed by atoms with Crippen LogP contribution in [0.15, 0.2) is 18.2 Å². The van der Waals surface area contributed by atoms with Crippen molar-refractivity contribution in [2.24, 2.45) is 5.92 Å². The van der Waals surface area contributed by atoms with Gasteiger partial charge in [0.1, 0.15) is 5.75 Å². The van der Waals surface area contributed by atoms with Gasteiger partial charge in [0.05, 0.1) is 12.2 Å². The van der Waals surface area contributed by atoms with Crippen LogP contribution in [0.4, 0.5) is 0 Å². The van der Waals surface area contributed by atoms with Gasteiger partial charge in [-0.2, -0.15) is 0 Å². The molecule has 1 aromatic carbocycles. The first-order chi connectivity index (χ1) is 10.6. The second kappa shape index (κ2) is 9.89. The molecular weight excluding hydrogens is 272 g/mol. The molecule has 1 aliphatic rings. The molecule has 2 nitrogen and oxygen atoms in total. The highest BCUT2D eigenvalue weighted by Gasteiger charge is 2.29. The van der Waals surface area contributed by atoms with Crippen molar-refractivity contribution in [3.05, 3.63) is 29.3 Å². The van der Waals surface area contributed by atoms with Crippen molar-refractivity contribution in [2.75, 3.05) is 0 Å². The fraction of sp³-hybridized carbons (Fsp3) is 0.700. The first-order valence-corrected chi connectivity index (χ1v) is 9.02. The quantitative estimate of drug-likeness (QED) is 0.777. The van der Waals surface area contributed by atoms with Gasteiger partial charge in [0.15, 0.2) is 0 Å². The van der Waals surface area contributed by atoms with Crippen LogP contribution in [-0.4, -0.2) is 17.3 Å². The molecule has 0 bridgehead atoms. The highest BCUT2D eigenvalue weighted by molar-refractivity contribution is 5.41. The summed E-state index contributed by atoms with van der Waals surface area (Å²) < 4.78 is 6.20. The van der Waals surface area contributed by atoms with Crippen LogP contribution in [0.2, 0.25) is 0 Å². The van der Waals surface area contributed by atoms with E-state index in [-0.39, 0.29) is 6.10 Å². The van der Waals surface area contributed by atoms with Crippen molar-refractivity contribution in [3.63, 3.8) is 0 Å². The normalized spacial score (nSPS) is 20.3. The van der Waals surface area contributed by atoms with Crippen molar-refractivity contribution in [1.29, 1.82) is 0 Å². The first-order valence-electron chi connectivity index (χ1n) is 9.02. The molecule has 0 fully saturated rings. The summed E-state index contributed by atoms with van der Waals surface area (Å²) in [5, 5.41) is 9.95. The largest absolute Gasteiger partial charge is 0.508 e. The molecule has 1 N–H and O–H groups in total. The van der Waals surface area contributed by atoms with Gasteiger partial charge in [-0.1, -0.05) is 59.6 Å². The van der Waals surface area contributed by atoms with Crippen LogP contribution >= 0.6 is 0 Å². The number of hydrogen-bond acceptors (Lipinski definition) is 2. The summed E-state index contributed by atoms with van der Waals surface area (Å²) >= 11 is 0. The van der Waals surface area contributed by atoms with Gasteiger partial charge >= 0.3 is 0 Å². The van der Waals surface area contributed by atoms with Crippen LogP contribution in [0.3, 0.4) is 0 Å². The van der Waals surface area contributed by atoms with E-state index in [0.717, 1.165) is 31.2 Å². The van der Waals surface area contributed by atoms with Gasteiger partial charge in [-0.25, -0.2) is 0 Å². The topological polar surface area (TPSA) is 29.5 Å². The summed E-state index contributed by atoms with van der Waals surface area (Å²) in [6, 6.07) is 5.84. The minimum Gasteiger partial charge on any atom is -0.508 e. The summed E-state index contributed by atoms with van der Waals surface area (Å²) in [6.45, 7) is 11.0. The molecule has 0 heterocycles. The van der Waals surface area contributed by atoms with E-state index in [1.54, 1.807) is 6.07 Å². The molecule has 2 heteroatoms. The maximum atomic E-state index is 9.95. The minimum atomic E-state index is 0.246. The average Bonchev–Trinajstić information content (AvgIpc) is 2.53. The molecule has 0 saturated heterocycles. The highest BCUT2D eigenvalue weighted by atomic mass is 16.5. The second-order valence-corrected chi connectivity index (χ2v) is 6.41. The molecule has 0 aliphatic heterocycles. The maximum Gasteiger partial charge on any atom is 0.119 e. The standard InChI is InChI=1S/C16H24O2.C4H10/c1-4-13(5-2)18-16-10-14-12(9-11(16)3)7-6-8-15(14)17;1-3-4-2/h6-8,11,13,16-17H,4-5,9-10H2,1-3H3;3-4H2,1-2H3/t11?,16-;/m1./s1. The Hall–Kier alpha value is -1.02. The fourth-order valence-electron chi connectivity index (χ4n) is 2.84. The van der Waals surface area contributed by atoms with Crippen LogP contribution < -0.4 is 0 Å². The SMILES string of the molecule is CCC(CC)O[C@@H]1Cc2c(O)cccc2CC1C.CCCC. The minimum absolute atomic E-state index is 0.246. The van der Waals surface area contributed by atoms with Gasteiger partial charge in [-0.05, 0) is 42.4 Å². The van der Waals surface area contributed by atoms with Crippen molar-refractivity contribution in [2.45, 2.75) is 85.4 Å². The molecule has 0 amide bonds. The van der Waals surface area contributed by atoms with Gasteiger partial charge in [0.25, 0.3) is 0 Å². The molecule has 0 aromatic heterocycles. The Labute approximate surface area is 136 Å². The summed E-state index contributed by atoms with van der Waals surface area (Å²) in [6.07, 6.45) is 7.22. The molecule has 0 saturated carbocycles. The molecule has 1 unspecified atom stereocenters. The highest BCUT2D eigenvalue weighted by Crippen LogP contribution is 2.33. The Morgan fingerprint density at radius 3 is 2.27 bits per heavy atom. The Morgan fingerprint density at radius 2 is 1.73 bits per heavy atom. The van der Waals surface area contributed by atoms with E-state index in [0.29, 0.717) is 17.8 Å². The number of phenols is 1. The van der Waals surface area contributed by atoms with Crippen molar-refractivity contribution >= 4 is 0 Å². The zero-order valence-corrected chi connectivity index (χ0v) is 15.1. The number of ether oxygens (including phenoxy) is 1. The molecular formula is C20H34O2. The van der Waals surface area contributed by atoms with E-state index >= 15 is 0 Å². The van der Waals surface area contributed by atoms with Crippen molar-refractivity contribution in [3.8, 4) is 5.75 Å². The van der Waals surface area contributed by atoms with E-state index in [1.807, 2.05) is 6.07 Å². The third-order valence-corrected chi connectivity index (χ3v) is 4.61. The molecule has 1 aliphatic carbocycles. The first kappa shape index (κ1) is 19.0. The Morgan fingerprint density at radius 1 is 1.09 bits per heavy atom. The number of benzene rings is 1. The van der Waals surface area contributed by atoms with E-state index in [2.05, 4.69) is 40.7 Å². The Bertz CT molecular complexity index is 422. The molecule has 0 radical (unpaired) electrons. The summed E-state index contributed by atoms with van der Waals surface area (Å²) in [5.41, 5.74) is 2.37. The molecule has 0 spiro atoms. The van der Waals surface area contributed by atoms with Crippen LogP contribution in [0.25, 0.3) is 0 Å².